The van der Waals surface area contributed by atoms with E-state index < -0.39 is 17.2 Å². The van der Waals surface area contributed by atoms with Crippen LogP contribution in [0.2, 0.25) is 0 Å². The predicted molar refractivity (Wildman–Crippen MR) is 144 cm³/mol. The molecule has 0 radical (unpaired) electrons. The van der Waals surface area contributed by atoms with Gasteiger partial charge in [-0.15, -0.1) is 0 Å². The Morgan fingerprint density at radius 3 is 2.33 bits per heavy atom. The number of nitrogens with zero attached hydrogens (tertiary/aromatic N) is 7. The van der Waals surface area contributed by atoms with E-state index in [0.717, 1.165) is 6.07 Å². The molecule has 1 fully saturated rings. The van der Waals surface area contributed by atoms with Gasteiger partial charge in [0.2, 0.25) is 0 Å². The van der Waals surface area contributed by atoms with Crippen LogP contribution in [0, 0.1) is 18.6 Å². The van der Waals surface area contributed by atoms with E-state index in [0.29, 0.717) is 46.9 Å². The van der Waals surface area contributed by atoms with Gasteiger partial charge in [0.1, 0.15) is 29.4 Å². The smallest absolute Gasteiger partial charge is 0.410 e. The van der Waals surface area contributed by atoms with Gasteiger partial charge >= 0.3 is 6.09 Å². The fraction of sp³-hybridized carbons (Fsp3) is 0.393. The first-order chi connectivity index (χ1) is 18.4. The largest absolute Gasteiger partial charge is 0.444 e. The van der Waals surface area contributed by atoms with Gasteiger partial charge in [-0.3, -0.25) is 9.97 Å². The number of anilines is 1. The Balaban J connectivity index is 1.65. The van der Waals surface area contributed by atoms with Crippen molar-refractivity contribution in [2.75, 3.05) is 18.0 Å². The van der Waals surface area contributed by atoms with Crippen LogP contribution in [0.1, 0.15) is 40.3 Å². The maximum atomic E-state index is 14.2. The summed E-state index contributed by atoms with van der Waals surface area (Å²) in [6.07, 6.45) is 6.05. The van der Waals surface area contributed by atoms with Gasteiger partial charge in [-0.25, -0.2) is 23.5 Å². The summed E-state index contributed by atoms with van der Waals surface area (Å²) >= 11 is 0. The number of hydrogen-bond acceptors (Lipinski definition) is 7. The van der Waals surface area contributed by atoms with E-state index in [9.17, 15) is 13.6 Å². The van der Waals surface area contributed by atoms with Gasteiger partial charge in [0.15, 0.2) is 5.65 Å². The fourth-order valence-corrected chi connectivity index (χ4v) is 4.99. The van der Waals surface area contributed by atoms with E-state index in [1.165, 1.54) is 18.5 Å². The molecular formula is C28H31F2N7O2. The number of rotatable bonds is 3. The quantitative estimate of drug-likeness (QED) is 0.352. The van der Waals surface area contributed by atoms with Crippen molar-refractivity contribution in [2.24, 2.45) is 0 Å². The number of aryl methyl sites for hydroxylation is 1. The van der Waals surface area contributed by atoms with Gasteiger partial charge in [0.05, 0.1) is 22.5 Å². The van der Waals surface area contributed by atoms with E-state index in [4.69, 9.17) is 4.74 Å². The van der Waals surface area contributed by atoms with Crippen LogP contribution in [0.5, 0.6) is 0 Å². The predicted octanol–water partition coefficient (Wildman–Crippen LogP) is 5.30. The van der Waals surface area contributed by atoms with Gasteiger partial charge in [0.25, 0.3) is 0 Å². The normalized spacial score (nSPS) is 18.1. The molecule has 0 unspecified atom stereocenters. The maximum absolute atomic E-state index is 14.2. The third-order valence-electron chi connectivity index (χ3n) is 6.71. The number of hydrogen-bond donors (Lipinski definition) is 0. The summed E-state index contributed by atoms with van der Waals surface area (Å²) in [6.45, 7) is 12.3. The van der Waals surface area contributed by atoms with E-state index in [1.54, 1.807) is 28.1 Å². The number of fused-ring (bicyclic) bond motifs is 1. The summed E-state index contributed by atoms with van der Waals surface area (Å²) in [7, 11) is 0. The number of aromatic nitrogens is 5. The Labute approximate surface area is 225 Å². The lowest BCUT2D eigenvalue weighted by Gasteiger charge is -2.44. The van der Waals surface area contributed by atoms with Crippen molar-refractivity contribution in [3.63, 3.8) is 0 Å². The van der Waals surface area contributed by atoms with Crippen molar-refractivity contribution in [1.82, 2.24) is 29.4 Å². The van der Waals surface area contributed by atoms with Gasteiger partial charge in [-0.1, -0.05) is 0 Å². The highest BCUT2D eigenvalue weighted by atomic mass is 19.1. The Kier molecular flexibility index (Phi) is 6.69. The second kappa shape index (κ2) is 9.87. The number of carbonyl (C=O) groups excluding carboxylic acids is 1. The van der Waals surface area contributed by atoms with Gasteiger partial charge in [-0.2, -0.15) is 0 Å². The Bertz CT molecular complexity index is 1530. The molecule has 204 valence electrons. The molecule has 0 N–H and O–H groups in total. The topological polar surface area (TPSA) is 89.3 Å². The minimum atomic E-state index is -0.695. The number of benzene rings is 1. The van der Waals surface area contributed by atoms with Crippen molar-refractivity contribution >= 4 is 22.9 Å². The van der Waals surface area contributed by atoms with Crippen LogP contribution in [-0.2, 0) is 4.74 Å². The highest BCUT2D eigenvalue weighted by molar-refractivity contribution is 6.02. The molecule has 5 rings (SSSR count). The van der Waals surface area contributed by atoms with Crippen molar-refractivity contribution < 1.29 is 18.3 Å². The van der Waals surface area contributed by atoms with Crippen LogP contribution in [0.4, 0.5) is 19.4 Å². The highest BCUT2D eigenvalue weighted by Crippen LogP contribution is 2.38. The number of ether oxygens (including phenoxy) is 1. The molecule has 4 aromatic rings. The third-order valence-corrected chi connectivity index (χ3v) is 6.71. The van der Waals surface area contributed by atoms with E-state index in [1.807, 2.05) is 41.5 Å². The molecule has 3 aromatic heterocycles. The van der Waals surface area contributed by atoms with Crippen LogP contribution in [0.25, 0.3) is 28.0 Å². The zero-order valence-corrected chi connectivity index (χ0v) is 22.8. The van der Waals surface area contributed by atoms with Crippen LogP contribution in [0.15, 0.2) is 43.1 Å². The zero-order chi connectivity index (χ0) is 28.1. The Morgan fingerprint density at radius 1 is 0.974 bits per heavy atom. The summed E-state index contributed by atoms with van der Waals surface area (Å²) in [5.74, 6) is -0.753. The molecule has 0 saturated carbocycles. The third kappa shape index (κ3) is 5.13. The molecule has 39 heavy (non-hydrogen) atoms. The van der Waals surface area contributed by atoms with Crippen LogP contribution in [0.3, 0.4) is 0 Å². The molecule has 1 aliphatic rings. The second-order valence-corrected chi connectivity index (χ2v) is 10.9. The van der Waals surface area contributed by atoms with E-state index in [-0.39, 0.29) is 23.9 Å². The number of carbonyl (C=O) groups is 1. The first kappa shape index (κ1) is 26.5. The number of amides is 1. The standard InChI is InChI=1S/C28H31F2N7O2/c1-16-13-36(27(38)39-28(4,5)6)17(2)12-35(16)25-23-22(24-18(3)31-7-8-32-24)14-37(26(23)34-15-33-25)21-10-19(29)9-20(30)11-21/h7-11,14-17H,12-13H2,1-6H3/t16-,17+/m0/s1. The van der Waals surface area contributed by atoms with E-state index >= 15 is 0 Å². The SMILES string of the molecule is Cc1nccnc1-c1cn(-c2cc(F)cc(F)c2)c2ncnc(N3C[C@@H](C)N(C(=O)OC(C)(C)C)C[C@@H]3C)c12. The lowest BCUT2D eigenvalue weighted by Crippen LogP contribution is -2.59. The minimum Gasteiger partial charge on any atom is -0.444 e. The Morgan fingerprint density at radius 2 is 1.67 bits per heavy atom. The summed E-state index contributed by atoms with van der Waals surface area (Å²) in [5, 5.41) is 0.676. The zero-order valence-electron chi connectivity index (χ0n) is 22.8. The Hall–Kier alpha value is -4.15. The molecule has 0 spiro atoms. The molecule has 0 aliphatic carbocycles. The maximum Gasteiger partial charge on any atom is 0.410 e. The van der Waals surface area contributed by atoms with Crippen LogP contribution in [-0.4, -0.2) is 66.3 Å². The van der Waals surface area contributed by atoms with Crippen molar-refractivity contribution in [3.05, 3.63) is 60.4 Å². The van der Waals surface area contributed by atoms with Crippen molar-refractivity contribution in [3.8, 4) is 16.9 Å². The first-order valence-electron chi connectivity index (χ1n) is 12.8. The lowest BCUT2D eigenvalue weighted by molar-refractivity contribution is 0.0130. The van der Waals surface area contributed by atoms with Gasteiger partial charge < -0.3 is 19.1 Å². The van der Waals surface area contributed by atoms with E-state index in [2.05, 4.69) is 24.8 Å². The summed E-state index contributed by atoms with van der Waals surface area (Å²) < 4.78 is 35.7. The van der Waals surface area contributed by atoms with Gasteiger partial charge in [-0.05, 0) is 53.7 Å². The van der Waals surface area contributed by atoms with Crippen molar-refractivity contribution in [1.29, 1.82) is 0 Å². The number of piperazine rings is 1. The molecule has 2 atom stereocenters. The molecule has 11 heteroatoms. The molecule has 4 heterocycles. The van der Waals surface area contributed by atoms with Crippen LogP contribution >= 0.6 is 0 Å². The average Bonchev–Trinajstić information content (AvgIpc) is 3.24. The lowest BCUT2D eigenvalue weighted by atomic mass is 10.1. The highest BCUT2D eigenvalue weighted by Gasteiger charge is 2.36. The summed E-state index contributed by atoms with van der Waals surface area (Å²) in [5.41, 5.74) is 2.14. The molecule has 1 amide bonds. The first-order valence-corrected chi connectivity index (χ1v) is 12.8. The summed E-state index contributed by atoms with van der Waals surface area (Å²) in [4.78, 5) is 34.9. The second-order valence-electron chi connectivity index (χ2n) is 10.9. The molecule has 1 aromatic carbocycles. The van der Waals surface area contributed by atoms with Gasteiger partial charge in [0, 0.05) is 55.4 Å². The van der Waals surface area contributed by atoms with Crippen LogP contribution < -0.4 is 4.90 Å². The average molecular weight is 536 g/mol. The minimum absolute atomic E-state index is 0.113. The molecular weight excluding hydrogens is 504 g/mol. The fourth-order valence-electron chi connectivity index (χ4n) is 4.99. The molecule has 0 bridgehead atoms. The molecule has 9 nitrogen and oxygen atoms in total. The molecule has 1 saturated heterocycles. The monoisotopic (exact) mass is 535 g/mol. The summed E-state index contributed by atoms with van der Waals surface area (Å²) in [6, 6.07) is 3.06. The van der Waals surface area contributed by atoms with Crippen molar-refractivity contribution in [2.45, 2.75) is 59.2 Å². The number of halogens is 2. The molecule has 1 aliphatic heterocycles.